The van der Waals surface area contributed by atoms with Gasteiger partial charge in [0.2, 0.25) is 5.91 Å². The number of anilines is 1. The number of carbonyl (C=O) groups is 1. The van der Waals surface area contributed by atoms with Crippen LogP contribution >= 0.6 is 11.8 Å². The van der Waals surface area contributed by atoms with E-state index in [1.165, 1.54) is 11.8 Å². The molecule has 0 fully saturated rings. The van der Waals surface area contributed by atoms with E-state index in [1.807, 2.05) is 55.5 Å². The maximum Gasteiger partial charge on any atom is 0.234 e. The number of hydrogen-bond acceptors (Lipinski definition) is 4. The quantitative estimate of drug-likeness (QED) is 0.705. The number of benzene rings is 2. The lowest BCUT2D eigenvalue weighted by atomic mass is 10.2. The number of ether oxygens (including phenoxy) is 1. The molecule has 0 unspecified atom stereocenters. The molecule has 0 aliphatic carbocycles. The van der Waals surface area contributed by atoms with E-state index in [0.717, 1.165) is 21.4 Å². The van der Waals surface area contributed by atoms with Crippen LogP contribution in [0.3, 0.4) is 0 Å². The number of methoxy groups -OCH3 is 1. The van der Waals surface area contributed by atoms with Crippen LogP contribution in [0.25, 0.3) is 10.9 Å². The average Bonchev–Trinajstić information content (AvgIpc) is 2.60. The molecule has 1 amide bonds. The van der Waals surface area contributed by atoms with Gasteiger partial charge in [-0.1, -0.05) is 24.3 Å². The summed E-state index contributed by atoms with van der Waals surface area (Å²) in [7, 11) is 1.59. The lowest BCUT2D eigenvalue weighted by Gasteiger charge is -2.11. The summed E-state index contributed by atoms with van der Waals surface area (Å²) in [6.07, 6.45) is 1.77. The van der Waals surface area contributed by atoms with E-state index >= 15 is 0 Å². The van der Waals surface area contributed by atoms with Gasteiger partial charge in [-0.3, -0.25) is 9.78 Å². The zero-order valence-corrected chi connectivity index (χ0v) is 14.4. The number of thioether (sulfide) groups is 1. The molecule has 3 aromatic rings. The first-order chi connectivity index (χ1) is 11.7. The van der Waals surface area contributed by atoms with E-state index in [1.54, 1.807) is 13.3 Å². The third-order valence-corrected chi connectivity index (χ3v) is 4.63. The Hall–Kier alpha value is -2.53. The molecule has 0 saturated carbocycles. The van der Waals surface area contributed by atoms with Gasteiger partial charge in [-0.05, 0) is 36.8 Å². The van der Waals surface area contributed by atoms with Gasteiger partial charge in [0, 0.05) is 16.5 Å². The number of aryl methyl sites for hydroxylation is 1. The monoisotopic (exact) mass is 338 g/mol. The number of aromatic nitrogens is 1. The SMILES string of the molecule is COc1ccc(C)cc1NC(=O)CSc1cccc2cccnc12. The second-order valence-corrected chi connectivity index (χ2v) is 6.39. The Morgan fingerprint density at radius 1 is 1.21 bits per heavy atom. The van der Waals surface area contributed by atoms with Crippen LogP contribution in [0.5, 0.6) is 5.75 Å². The number of hydrogen-bond donors (Lipinski definition) is 1. The summed E-state index contributed by atoms with van der Waals surface area (Å²) >= 11 is 1.48. The van der Waals surface area contributed by atoms with Crippen LogP contribution in [0.15, 0.2) is 59.6 Å². The molecule has 0 aliphatic rings. The Labute approximate surface area is 145 Å². The Bertz CT molecular complexity index is 875. The minimum absolute atomic E-state index is 0.0724. The highest BCUT2D eigenvalue weighted by Gasteiger charge is 2.10. The third-order valence-electron chi connectivity index (χ3n) is 3.58. The number of nitrogens with one attached hydrogen (secondary N) is 1. The number of fused-ring (bicyclic) bond motifs is 1. The summed E-state index contributed by atoms with van der Waals surface area (Å²) in [5.74, 6) is 0.898. The molecule has 2 aromatic carbocycles. The van der Waals surface area contributed by atoms with E-state index in [4.69, 9.17) is 4.74 Å². The molecule has 1 heterocycles. The normalized spacial score (nSPS) is 10.6. The van der Waals surface area contributed by atoms with Crippen LogP contribution in [0, 0.1) is 6.92 Å². The van der Waals surface area contributed by atoms with Gasteiger partial charge in [0.25, 0.3) is 0 Å². The molecule has 0 atom stereocenters. The summed E-state index contributed by atoms with van der Waals surface area (Å²) in [5.41, 5.74) is 2.68. The van der Waals surface area contributed by atoms with Crippen molar-refractivity contribution in [3.63, 3.8) is 0 Å². The van der Waals surface area contributed by atoms with Crippen molar-refractivity contribution in [3.8, 4) is 5.75 Å². The zero-order chi connectivity index (χ0) is 16.9. The molecule has 0 saturated heterocycles. The number of carbonyl (C=O) groups excluding carboxylic acids is 1. The van der Waals surface area contributed by atoms with E-state index in [0.29, 0.717) is 17.2 Å². The number of nitrogens with zero attached hydrogens (tertiary/aromatic N) is 1. The van der Waals surface area contributed by atoms with Crippen molar-refractivity contribution in [1.29, 1.82) is 0 Å². The predicted molar refractivity (Wildman–Crippen MR) is 98.8 cm³/mol. The summed E-state index contributed by atoms with van der Waals surface area (Å²) in [6, 6.07) is 15.6. The Morgan fingerprint density at radius 2 is 2.04 bits per heavy atom. The van der Waals surface area contributed by atoms with Crippen LogP contribution < -0.4 is 10.1 Å². The van der Waals surface area contributed by atoms with E-state index < -0.39 is 0 Å². The van der Waals surface area contributed by atoms with Crippen LogP contribution in [0.4, 0.5) is 5.69 Å². The molecular formula is C19H18N2O2S. The lowest BCUT2D eigenvalue weighted by Crippen LogP contribution is -2.14. The largest absolute Gasteiger partial charge is 0.495 e. The van der Waals surface area contributed by atoms with Gasteiger partial charge in [0.05, 0.1) is 24.1 Å². The Morgan fingerprint density at radius 3 is 2.88 bits per heavy atom. The molecule has 0 spiro atoms. The van der Waals surface area contributed by atoms with Crippen LogP contribution in [0.2, 0.25) is 0 Å². The first kappa shape index (κ1) is 16.3. The summed E-state index contributed by atoms with van der Waals surface area (Å²) in [4.78, 5) is 17.7. The van der Waals surface area contributed by atoms with Crippen molar-refractivity contribution >= 4 is 34.3 Å². The van der Waals surface area contributed by atoms with Crippen LogP contribution in [0.1, 0.15) is 5.56 Å². The van der Waals surface area contributed by atoms with Gasteiger partial charge in [0.1, 0.15) is 5.75 Å². The molecule has 0 bridgehead atoms. The molecule has 3 rings (SSSR count). The molecule has 1 aromatic heterocycles. The van der Waals surface area contributed by atoms with Crippen molar-refractivity contribution in [3.05, 3.63) is 60.3 Å². The Balaban J connectivity index is 1.71. The van der Waals surface area contributed by atoms with Gasteiger partial charge in [-0.15, -0.1) is 11.8 Å². The molecular weight excluding hydrogens is 320 g/mol. The molecule has 1 N–H and O–H groups in total. The molecule has 122 valence electrons. The van der Waals surface area contributed by atoms with Gasteiger partial charge in [0.15, 0.2) is 0 Å². The van der Waals surface area contributed by atoms with Gasteiger partial charge >= 0.3 is 0 Å². The summed E-state index contributed by atoms with van der Waals surface area (Å²) < 4.78 is 5.29. The van der Waals surface area contributed by atoms with E-state index in [-0.39, 0.29) is 5.91 Å². The Kier molecular flexibility index (Phi) is 5.01. The molecule has 0 radical (unpaired) electrons. The van der Waals surface area contributed by atoms with Crippen molar-refractivity contribution in [2.24, 2.45) is 0 Å². The predicted octanol–water partition coefficient (Wildman–Crippen LogP) is 4.28. The van der Waals surface area contributed by atoms with Crippen LogP contribution in [-0.4, -0.2) is 23.8 Å². The van der Waals surface area contributed by atoms with Gasteiger partial charge in [-0.25, -0.2) is 0 Å². The highest BCUT2D eigenvalue weighted by atomic mass is 32.2. The highest BCUT2D eigenvalue weighted by Crippen LogP contribution is 2.28. The van der Waals surface area contributed by atoms with Crippen molar-refractivity contribution in [1.82, 2.24) is 4.98 Å². The number of para-hydroxylation sites is 1. The van der Waals surface area contributed by atoms with Crippen molar-refractivity contribution < 1.29 is 9.53 Å². The molecule has 24 heavy (non-hydrogen) atoms. The summed E-state index contributed by atoms with van der Waals surface area (Å²) in [6.45, 7) is 1.98. The third kappa shape index (κ3) is 3.68. The summed E-state index contributed by atoms with van der Waals surface area (Å²) in [5, 5.41) is 3.99. The average molecular weight is 338 g/mol. The second-order valence-electron chi connectivity index (χ2n) is 5.37. The minimum Gasteiger partial charge on any atom is -0.495 e. The molecule has 5 heteroatoms. The zero-order valence-electron chi connectivity index (χ0n) is 13.6. The standard InChI is InChI=1S/C19H18N2O2S/c1-13-8-9-16(23-2)15(11-13)21-18(22)12-24-17-7-3-5-14-6-4-10-20-19(14)17/h3-11H,12H2,1-2H3,(H,21,22). The van der Waals surface area contributed by atoms with Gasteiger partial charge in [-0.2, -0.15) is 0 Å². The van der Waals surface area contributed by atoms with Crippen molar-refractivity contribution in [2.75, 3.05) is 18.2 Å². The smallest absolute Gasteiger partial charge is 0.234 e. The lowest BCUT2D eigenvalue weighted by molar-refractivity contribution is -0.113. The molecule has 0 aliphatic heterocycles. The first-order valence-electron chi connectivity index (χ1n) is 7.58. The highest BCUT2D eigenvalue weighted by molar-refractivity contribution is 8.00. The molecule has 4 nitrogen and oxygen atoms in total. The fourth-order valence-electron chi connectivity index (χ4n) is 2.44. The fraction of sp³-hybridized carbons (Fsp3) is 0.158. The fourth-order valence-corrected chi connectivity index (χ4v) is 3.28. The topological polar surface area (TPSA) is 51.2 Å². The minimum atomic E-state index is -0.0724. The maximum atomic E-state index is 12.3. The maximum absolute atomic E-state index is 12.3. The van der Waals surface area contributed by atoms with E-state index in [9.17, 15) is 4.79 Å². The van der Waals surface area contributed by atoms with E-state index in [2.05, 4.69) is 10.3 Å². The number of amides is 1. The van der Waals surface area contributed by atoms with Crippen LogP contribution in [-0.2, 0) is 4.79 Å². The van der Waals surface area contributed by atoms with Gasteiger partial charge < -0.3 is 10.1 Å². The number of rotatable bonds is 5. The number of pyridine rings is 1. The first-order valence-corrected chi connectivity index (χ1v) is 8.57. The second kappa shape index (κ2) is 7.36. The van der Waals surface area contributed by atoms with Crippen molar-refractivity contribution in [2.45, 2.75) is 11.8 Å².